The summed E-state index contributed by atoms with van der Waals surface area (Å²) >= 11 is 0. The van der Waals surface area contributed by atoms with Gasteiger partial charge in [-0.2, -0.15) is 0 Å². The number of hydrogen-bond donors (Lipinski definition) is 2. The number of carboxylic acids is 1. The van der Waals surface area contributed by atoms with Gasteiger partial charge in [0.1, 0.15) is 11.6 Å². The minimum absolute atomic E-state index is 0.0196. The first-order chi connectivity index (χ1) is 7.52. The molecule has 0 heterocycles. The fraction of sp³-hybridized carbons (Fsp3) is 0.200. The van der Waals surface area contributed by atoms with Gasteiger partial charge in [-0.05, 0) is 12.1 Å². The summed E-state index contributed by atoms with van der Waals surface area (Å²) in [5, 5.41) is 17.7. The SMILES string of the molecule is COc1ccc(C(O)C(=O)O)c(F)c1C=O. The second-order valence-electron chi connectivity index (χ2n) is 2.94. The number of aliphatic hydroxyl groups excluding tert-OH is 1. The number of benzene rings is 1. The Kier molecular flexibility index (Phi) is 3.57. The predicted octanol–water partition coefficient (Wildman–Crippen LogP) is 0.765. The van der Waals surface area contributed by atoms with Crippen LogP contribution in [0.4, 0.5) is 4.39 Å². The van der Waals surface area contributed by atoms with Crippen molar-refractivity contribution in [1.29, 1.82) is 0 Å². The molecule has 0 radical (unpaired) electrons. The van der Waals surface area contributed by atoms with Crippen molar-refractivity contribution in [2.75, 3.05) is 7.11 Å². The van der Waals surface area contributed by atoms with Crippen LogP contribution in [-0.4, -0.2) is 29.6 Å². The van der Waals surface area contributed by atoms with E-state index in [9.17, 15) is 14.0 Å². The maximum absolute atomic E-state index is 13.6. The van der Waals surface area contributed by atoms with E-state index in [-0.39, 0.29) is 12.0 Å². The molecule has 0 aliphatic rings. The van der Waals surface area contributed by atoms with Gasteiger partial charge in [-0.3, -0.25) is 4.79 Å². The summed E-state index contributed by atoms with van der Waals surface area (Å²) in [5.74, 6) is -2.71. The van der Waals surface area contributed by atoms with Crippen LogP contribution in [0, 0.1) is 5.82 Å². The van der Waals surface area contributed by atoms with Gasteiger partial charge < -0.3 is 14.9 Å². The van der Waals surface area contributed by atoms with Gasteiger partial charge in [-0.15, -0.1) is 0 Å². The smallest absolute Gasteiger partial charge is 0.337 e. The Morgan fingerprint density at radius 3 is 2.62 bits per heavy atom. The van der Waals surface area contributed by atoms with E-state index in [1.165, 1.54) is 13.2 Å². The summed E-state index contributed by atoms with van der Waals surface area (Å²) in [6.45, 7) is 0. The second kappa shape index (κ2) is 4.71. The van der Waals surface area contributed by atoms with Crippen LogP contribution in [0.2, 0.25) is 0 Å². The molecule has 0 fully saturated rings. The van der Waals surface area contributed by atoms with Gasteiger partial charge in [0.2, 0.25) is 0 Å². The quantitative estimate of drug-likeness (QED) is 0.743. The minimum atomic E-state index is -2.01. The summed E-state index contributed by atoms with van der Waals surface area (Å²) in [6, 6.07) is 2.27. The number of hydrogen-bond acceptors (Lipinski definition) is 4. The number of aldehydes is 1. The van der Waals surface area contributed by atoms with Crippen LogP contribution in [0.5, 0.6) is 5.75 Å². The van der Waals surface area contributed by atoms with E-state index in [4.69, 9.17) is 14.9 Å². The minimum Gasteiger partial charge on any atom is -0.496 e. The van der Waals surface area contributed by atoms with Gasteiger partial charge in [-0.25, -0.2) is 9.18 Å². The lowest BCUT2D eigenvalue weighted by atomic mass is 10.0. The monoisotopic (exact) mass is 228 g/mol. The normalized spacial score (nSPS) is 11.9. The number of ether oxygens (including phenoxy) is 1. The highest BCUT2D eigenvalue weighted by Crippen LogP contribution is 2.26. The number of carbonyl (C=O) groups excluding carboxylic acids is 1. The predicted molar refractivity (Wildman–Crippen MR) is 50.9 cm³/mol. The number of carboxylic acid groups (broad SMARTS) is 1. The molecule has 0 aliphatic heterocycles. The van der Waals surface area contributed by atoms with E-state index in [1.54, 1.807) is 0 Å². The third-order valence-corrected chi connectivity index (χ3v) is 2.04. The Labute approximate surface area is 90.1 Å². The van der Waals surface area contributed by atoms with E-state index < -0.39 is 29.0 Å². The Morgan fingerprint density at radius 1 is 1.56 bits per heavy atom. The number of rotatable bonds is 4. The maximum Gasteiger partial charge on any atom is 0.337 e. The molecule has 0 amide bonds. The van der Waals surface area contributed by atoms with E-state index >= 15 is 0 Å². The Morgan fingerprint density at radius 2 is 2.19 bits per heavy atom. The van der Waals surface area contributed by atoms with Crippen LogP contribution in [0.15, 0.2) is 12.1 Å². The van der Waals surface area contributed by atoms with Crippen LogP contribution in [-0.2, 0) is 4.79 Å². The van der Waals surface area contributed by atoms with Crippen LogP contribution in [0.3, 0.4) is 0 Å². The second-order valence-corrected chi connectivity index (χ2v) is 2.94. The summed E-state index contributed by atoms with van der Waals surface area (Å²) in [4.78, 5) is 21.1. The third kappa shape index (κ3) is 2.01. The highest BCUT2D eigenvalue weighted by molar-refractivity contribution is 5.82. The molecule has 0 saturated heterocycles. The number of aliphatic carboxylic acids is 1. The van der Waals surface area contributed by atoms with E-state index in [0.717, 1.165) is 6.07 Å². The van der Waals surface area contributed by atoms with E-state index in [1.807, 2.05) is 0 Å². The van der Waals surface area contributed by atoms with Gasteiger partial charge in [0, 0.05) is 5.56 Å². The lowest BCUT2D eigenvalue weighted by molar-refractivity contribution is -0.147. The Hall–Kier alpha value is -1.95. The zero-order valence-electron chi connectivity index (χ0n) is 8.31. The number of aliphatic hydroxyl groups is 1. The molecule has 0 saturated carbocycles. The van der Waals surface area contributed by atoms with Crippen LogP contribution < -0.4 is 4.74 Å². The van der Waals surface area contributed by atoms with Crippen molar-refractivity contribution in [3.8, 4) is 5.75 Å². The molecule has 5 nitrogen and oxygen atoms in total. The molecule has 0 bridgehead atoms. The van der Waals surface area contributed by atoms with E-state index in [2.05, 4.69) is 0 Å². The van der Waals surface area contributed by atoms with Crippen LogP contribution in [0.25, 0.3) is 0 Å². The number of carbonyl (C=O) groups is 2. The molecule has 2 N–H and O–H groups in total. The molecule has 1 atom stereocenters. The molecule has 6 heteroatoms. The van der Waals surface area contributed by atoms with Gasteiger partial charge in [0.05, 0.1) is 12.7 Å². The fourth-order valence-corrected chi connectivity index (χ4v) is 1.22. The molecule has 1 unspecified atom stereocenters. The lowest BCUT2D eigenvalue weighted by Gasteiger charge is -2.11. The van der Waals surface area contributed by atoms with Gasteiger partial charge in [-0.1, -0.05) is 0 Å². The first-order valence-electron chi connectivity index (χ1n) is 4.25. The zero-order chi connectivity index (χ0) is 12.3. The van der Waals surface area contributed by atoms with Crippen molar-refractivity contribution >= 4 is 12.3 Å². The summed E-state index contributed by atoms with van der Waals surface area (Å²) in [6.07, 6.45) is -1.81. The highest BCUT2D eigenvalue weighted by Gasteiger charge is 2.23. The maximum atomic E-state index is 13.6. The van der Waals surface area contributed by atoms with Gasteiger partial charge >= 0.3 is 5.97 Å². The summed E-state index contributed by atoms with van der Waals surface area (Å²) < 4.78 is 18.3. The van der Waals surface area contributed by atoms with Crippen molar-refractivity contribution in [2.24, 2.45) is 0 Å². The number of methoxy groups -OCH3 is 1. The van der Waals surface area contributed by atoms with Crippen molar-refractivity contribution in [2.45, 2.75) is 6.10 Å². The average Bonchev–Trinajstić information content (AvgIpc) is 2.27. The average molecular weight is 228 g/mol. The first kappa shape index (κ1) is 12.1. The zero-order valence-corrected chi connectivity index (χ0v) is 8.31. The van der Waals surface area contributed by atoms with Crippen LogP contribution in [0.1, 0.15) is 22.0 Å². The first-order valence-corrected chi connectivity index (χ1v) is 4.25. The summed E-state index contributed by atoms with van der Waals surface area (Å²) in [7, 11) is 1.25. The largest absolute Gasteiger partial charge is 0.496 e. The van der Waals surface area contributed by atoms with Crippen molar-refractivity contribution in [1.82, 2.24) is 0 Å². The highest BCUT2D eigenvalue weighted by atomic mass is 19.1. The molecule has 1 aromatic rings. The molecule has 0 spiro atoms. The number of halogens is 1. The fourth-order valence-electron chi connectivity index (χ4n) is 1.22. The molecule has 16 heavy (non-hydrogen) atoms. The Bertz CT molecular complexity index is 429. The van der Waals surface area contributed by atoms with E-state index in [0.29, 0.717) is 0 Å². The standard InChI is InChI=1S/C10H9FO5/c1-16-7-3-2-5(9(13)10(14)15)8(11)6(7)4-12/h2-4,9,13H,1H3,(H,14,15). The van der Waals surface area contributed by atoms with Crippen molar-refractivity contribution in [3.05, 3.63) is 29.1 Å². The lowest BCUT2D eigenvalue weighted by Crippen LogP contribution is -2.13. The molecule has 0 aromatic heterocycles. The molecule has 86 valence electrons. The molecule has 1 rings (SSSR count). The van der Waals surface area contributed by atoms with Gasteiger partial charge in [0.25, 0.3) is 0 Å². The van der Waals surface area contributed by atoms with Crippen molar-refractivity contribution < 1.29 is 28.9 Å². The third-order valence-electron chi connectivity index (χ3n) is 2.04. The van der Waals surface area contributed by atoms with Gasteiger partial charge in [0.15, 0.2) is 12.4 Å². The van der Waals surface area contributed by atoms with Crippen molar-refractivity contribution in [3.63, 3.8) is 0 Å². The molecular formula is C10H9FO5. The molecule has 1 aromatic carbocycles. The summed E-state index contributed by atoms with van der Waals surface area (Å²) in [5.41, 5.74) is -0.893. The molecular weight excluding hydrogens is 219 g/mol. The molecule has 0 aliphatic carbocycles. The Balaban J connectivity index is 3.34. The topological polar surface area (TPSA) is 83.8 Å². The van der Waals surface area contributed by atoms with Crippen LogP contribution >= 0.6 is 0 Å².